The molecule has 0 aliphatic heterocycles. The number of hydrogen-bond acceptors (Lipinski definition) is 3. The van der Waals surface area contributed by atoms with Gasteiger partial charge in [0.15, 0.2) is 11.6 Å². The minimum Gasteiger partial charge on any atom is -0.493 e. The lowest BCUT2D eigenvalue weighted by atomic mass is 10.3. The summed E-state index contributed by atoms with van der Waals surface area (Å²) in [5.41, 5.74) is 6.27. The first-order valence-corrected chi connectivity index (χ1v) is 6.70. The van der Waals surface area contributed by atoms with Gasteiger partial charge in [0.25, 0.3) is 0 Å². The molecule has 0 heterocycles. The number of thioether (sulfide) groups is 1. The fourth-order valence-electron chi connectivity index (χ4n) is 1.49. The highest BCUT2D eigenvalue weighted by Gasteiger charge is 2.03. The van der Waals surface area contributed by atoms with Crippen molar-refractivity contribution in [1.82, 2.24) is 0 Å². The lowest BCUT2D eigenvalue weighted by Gasteiger charge is -2.06. The highest BCUT2D eigenvalue weighted by Crippen LogP contribution is 2.21. The second kappa shape index (κ2) is 6.43. The Morgan fingerprint density at radius 3 is 2.63 bits per heavy atom. The van der Waals surface area contributed by atoms with E-state index in [0.29, 0.717) is 28.7 Å². The summed E-state index contributed by atoms with van der Waals surface area (Å²) < 4.78 is 31.2. The number of nitrogens with two attached hydrogens (primary N) is 1. The molecule has 0 aliphatic rings. The highest BCUT2D eigenvalue weighted by atomic mass is 32.2. The lowest BCUT2D eigenvalue weighted by Crippen LogP contribution is -2.00. The van der Waals surface area contributed by atoms with E-state index in [4.69, 9.17) is 10.5 Å². The number of halogens is 2. The second-order valence-electron chi connectivity index (χ2n) is 3.85. The Hall–Kier alpha value is -1.75. The zero-order valence-electron chi connectivity index (χ0n) is 10.1. The van der Waals surface area contributed by atoms with E-state index in [9.17, 15) is 8.78 Å². The molecule has 0 amide bonds. The molecule has 2 aromatic carbocycles. The smallest absolute Gasteiger partial charge is 0.159 e. The van der Waals surface area contributed by atoms with E-state index in [0.717, 1.165) is 6.07 Å². The molecule has 2 rings (SSSR count). The maximum Gasteiger partial charge on any atom is 0.159 e. The lowest BCUT2D eigenvalue weighted by molar-refractivity contribution is 0.344. The molecule has 0 unspecified atom stereocenters. The highest BCUT2D eigenvalue weighted by molar-refractivity contribution is 7.99. The van der Waals surface area contributed by atoms with Crippen LogP contribution >= 0.6 is 11.8 Å². The minimum absolute atomic E-state index is 0.465. The first-order chi connectivity index (χ1) is 9.15. The van der Waals surface area contributed by atoms with Gasteiger partial charge in [-0.25, -0.2) is 8.78 Å². The van der Waals surface area contributed by atoms with Gasteiger partial charge in [-0.1, -0.05) is 6.07 Å². The van der Waals surface area contributed by atoms with E-state index in [2.05, 4.69) is 0 Å². The average molecular weight is 281 g/mol. The van der Waals surface area contributed by atoms with Crippen LogP contribution in [0.3, 0.4) is 0 Å². The van der Waals surface area contributed by atoms with Crippen molar-refractivity contribution in [1.29, 1.82) is 0 Å². The van der Waals surface area contributed by atoms with Crippen LogP contribution in [0.5, 0.6) is 5.75 Å². The molecule has 0 radical (unpaired) electrons. The summed E-state index contributed by atoms with van der Waals surface area (Å²) in [6.07, 6.45) is 0. The van der Waals surface area contributed by atoms with Crippen molar-refractivity contribution in [3.05, 3.63) is 54.1 Å². The molecule has 0 saturated heterocycles. The van der Waals surface area contributed by atoms with Gasteiger partial charge in [-0.05, 0) is 30.3 Å². The van der Waals surface area contributed by atoms with Crippen molar-refractivity contribution in [2.75, 3.05) is 18.1 Å². The Morgan fingerprint density at radius 1 is 1.05 bits per heavy atom. The number of rotatable bonds is 5. The van der Waals surface area contributed by atoms with Crippen LogP contribution in [0, 0.1) is 11.6 Å². The topological polar surface area (TPSA) is 35.2 Å². The van der Waals surface area contributed by atoms with Crippen molar-refractivity contribution < 1.29 is 13.5 Å². The number of ether oxygens (including phenoxy) is 1. The number of benzene rings is 2. The summed E-state index contributed by atoms with van der Waals surface area (Å²) in [5, 5.41) is 0. The molecule has 0 aliphatic carbocycles. The van der Waals surface area contributed by atoms with Gasteiger partial charge >= 0.3 is 0 Å². The van der Waals surface area contributed by atoms with Gasteiger partial charge in [0.05, 0.1) is 6.61 Å². The summed E-state index contributed by atoms with van der Waals surface area (Å²) in [6, 6.07) is 11.0. The van der Waals surface area contributed by atoms with Gasteiger partial charge < -0.3 is 10.5 Å². The third kappa shape index (κ3) is 4.13. The van der Waals surface area contributed by atoms with Crippen molar-refractivity contribution in [2.45, 2.75) is 4.90 Å². The Bertz CT molecular complexity index is 563. The average Bonchev–Trinajstić information content (AvgIpc) is 2.39. The van der Waals surface area contributed by atoms with E-state index in [1.807, 2.05) is 12.1 Å². The fourth-order valence-corrected chi connectivity index (χ4v) is 2.24. The number of nitrogen functional groups attached to an aromatic ring is 1. The van der Waals surface area contributed by atoms with E-state index in [1.165, 1.54) is 17.8 Å². The first-order valence-electron chi connectivity index (χ1n) is 5.71. The predicted molar refractivity (Wildman–Crippen MR) is 73.4 cm³/mol. The van der Waals surface area contributed by atoms with Crippen LogP contribution < -0.4 is 10.5 Å². The molecule has 0 aromatic heterocycles. The largest absolute Gasteiger partial charge is 0.493 e. The molecule has 2 N–H and O–H groups in total. The van der Waals surface area contributed by atoms with Crippen LogP contribution in [-0.2, 0) is 0 Å². The van der Waals surface area contributed by atoms with Crippen molar-refractivity contribution in [2.24, 2.45) is 0 Å². The molecule has 5 heteroatoms. The van der Waals surface area contributed by atoms with Crippen LogP contribution in [0.2, 0.25) is 0 Å². The molecule has 0 bridgehead atoms. The quantitative estimate of drug-likeness (QED) is 0.515. The second-order valence-corrected chi connectivity index (χ2v) is 5.01. The Balaban J connectivity index is 1.79. The van der Waals surface area contributed by atoms with Crippen LogP contribution in [0.25, 0.3) is 0 Å². The fraction of sp³-hybridized carbons (Fsp3) is 0.143. The minimum atomic E-state index is -0.833. The molecule has 19 heavy (non-hydrogen) atoms. The van der Waals surface area contributed by atoms with Gasteiger partial charge in [0.2, 0.25) is 0 Å². The summed E-state index contributed by atoms with van der Waals surface area (Å²) in [4.78, 5) is 0.676. The van der Waals surface area contributed by atoms with Crippen LogP contribution in [0.1, 0.15) is 0 Å². The molecule has 100 valence electrons. The van der Waals surface area contributed by atoms with Crippen molar-refractivity contribution in [3.8, 4) is 5.75 Å². The summed E-state index contributed by atoms with van der Waals surface area (Å²) in [7, 11) is 0. The third-order valence-electron chi connectivity index (χ3n) is 2.37. The number of hydrogen-bond donors (Lipinski definition) is 1. The molecule has 0 saturated carbocycles. The SMILES string of the molecule is Nc1cccc(OCCSc2ccc(F)c(F)c2)c1. The zero-order valence-corrected chi connectivity index (χ0v) is 10.9. The maximum absolute atomic E-state index is 13.0. The van der Waals surface area contributed by atoms with Gasteiger partial charge in [-0.15, -0.1) is 11.8 Å². The van der Waals surface area contributed by atoms with Crippen LogP contribution in [0.15, 0.2) is 47.4 Å². The normalized spacial score (nSPS) is 10.4. The Kier molecular flexibility index (Phi) is 4.63. The van der Waals surface area contributed by atoms with Gasteiger partial charge in [0.1, 0.15) is 5.75 Å². The summed E-state index contributed by atoms with van der Waals surface area (Å²) >= 11 is 1.40. The third-order valence-corrected chi connectivity index (χ3v) is 3.33. The molecule has 0 atom stereocenters. The number of anilines is 1. The van der Waals surface area contributed by atoms with E-state index >= 15 is 0 Å². The molecule has 2 aromatic rings. The summed E-state index contributed by atoms with van der Waals surface area (Å²) in [6.45, 7) is 0.465. The Morgan fingerprint density at radius 2 is 1.89 bits per heavy atom. The monoisotopic (exact) mass is 281 g/mol. The van der Waals surface area contributed by atoms with Crippen molar-refractivity contribution in [3.63, 3.8) is 0 Å². The van der Waals surface area contributed by atoms with Crippen molar-refractivity contribution >= 4 is 17.4 Å². The van der Waals surface area contributed by atoms with E-state index in [-0.39, 0.29) is 0 Å². The first kappa shape index (κ1) is 13.7. The van der Waals surface area contributed by atoms with E-state index < -0.39 is 11.6 Å². The molecule has 2 nitrogen and oxygen atoms in total. The van der Waals surface area contributed by atoms with Gasteiger partial charge in [-0.2, -0.15) is 0 Å². The zero-order chi connectivity index (χ0) is 13.7. The predicted octanol–water partition coefficient (Wildman–Crippen LogP) is 3.72. The molecular formula is C14H13F2NOS. The standard InChI is InChI=1S/C14H13F2NOS/c15-13-5-4-12(9-14(13)16)19-7-6-18-11-3-1-2-10(17)8-11/h1-5,8-9H,6-7,17H2. The molecule has 0 spiro atoms. The Labute approximate surface area is 114 Å². The van der Waals surface area contributed by atoms with Crippen LogP contribution in [0.4, 0.5) is 14.5 Å². The summed E-state index contributed by atoms with van der Waals surface area (Å²) in [5.74, 6) is -0.326. The van der Waals surface area contributed by atoms with Gasteiger partial charge in [-0.3, -0.25) is 0 Å². The maximum atomic E-state index is 13.0. The van der Waals surface area contributed by atoms with Crippen LogP contribution in [-0.4, -0.2) is 12.4 Å². The molecule has 0 fully saturated rings. The van der Waals surface area contributed by atoms with Gasteiger partial charge in [0, 0.05) is 22.4 Å². The molecular weight excluding hydrogens is 268 g/mol. The van der Waals surface area contributed by atoms with E-state index in [1.54, 1.807) is 18.2 Å².